The standard InChI is InChI=1S/C17H18ClFN2O/c18-14-4-3-5-15(19)13(14)11-22-17-10-12(20)6-7-16(17)21-8-1-2-9-21/h3-7,10H,1-2,8-9,11,20H2. The molecule has 116 valence electrons. The molecule has 1 saturated heterocycles. The highest BCUT2D eigenvalue weighted by Gasteiger charge is 2.17. The zero-order valence-corrected chi connectivity index (χ0v) is 12.9. The molecular formula is C17H18ClFN2O. The van der Waals surface area contributed by atoms with Crippen molar-refractivity contribution in [2.24, 2.45) is 0 Å². The zero-order chi connectivity index (χ0) is 15.5. The predicted octanol–water partition coefficient (Wildman–Crippen LogP) is 4.24. The number of nitrogens with two attached hydrogens (primary N) is 1. The van der Waals surface area contributed by atoms with Gasteiger partial charge in [-0.1, -0.05) is 17.7 Å². The number of ether oxygens (including phenoxy) is 1. The summed E-state index contributed by atoms with van der Waals surface area (Å²) in [5, 5.41) is 0.367. The number of halogens is 2. The number of nitrogen functional groups attached to an aromatic ring is 1. The van der Waals surface area contributed by atoms with Gasteiger partial charge in [0.1, 0.15) is 18.2 Å². The SMILES string of the molecule is Nc1ccc(N2CCCC2)c(OCc2c(F)cccc2Cl)c1. The van der Waals surface area contributed by atoms with Gasteiger partial charge in [-0.3, -0.25) is 0 Å². The van der Waals surface area contributed by atoms with Crippen molar-refractivity contribution < 1.29 is 9.13 Å². The Kier molecular flexibility index (Phi) is 4.39. The molecule has 1 fully saturated rings. The van der Waals surface area contributed by atoms with Crippen molar-refractivity contribution in [3.63, 3.8) is 0 Å². The maximum absolute atomic E-state index is 13.8. The van der Waals surface area contributed by atoms with Crippen molar-refractivity contribution in [3.05, 3.63) is 52.8 Å². The number of hydrogen-bond donors (Lipinski definition) is 1. The van der Waals surface area contributed by atoms with Gasteiger partial charge in [0, 0.05) is 30.4 Å². The number of nitrogens with zero attached hydrogens (tertiary/aromatic N) is 1. The van der Waals surface area contributed by atoms with Crippen LogP contribution in [0.4, 0.5) is 15.8 Å². The van der Waals surface area contributed by atoms with E-state index < -0.39 is 0 Å². The molecule has 1 aliphatic rings. The van der Waals surface area contributed by atoms with Crippen LogP contribution < -0.4 is 15.4 Å². The highest BCUT2D eigenvalue weighted by Crippen LogP contribution is 2.34. The van der Waals surface area contributed by atoms with Gasteiger partial charge in [-0.05, 0) is 37.1 Å². The van der Waals surface area contributed by atoms with Crippen molar-refractivity contribution >= 4 is 23.0 Å². The van der Waals surface area contributed by atoms with E-state index in [-0.39, 0.29) is 12.4 Å². The largest absolute Gasteiger partial charge is 0.486 e. The van der Waals surface area contributed by atoms with Crippen LogP contribution in [0, 0.1) is 5.82 Å². The van der Waals surface area contributed by atoms with Crippen LogP contribution in [0.5, 0.6) is 5.75 Å². The predicted molar refractivity (Wildman–Crippen MR) is 88.0 cm³/mol. The highest BCUT2D eigenvalue weighted by molar-refractivity contribution is 6.31. The molecule has 0 unspecified atom stereocenters. The topological polar surface area (TPSA) is 38.5 Å². The van der Waals surface area contributed by atoms with Gasteiger partial charge in [-0.2, -0.15) is 0 Å². The molecule has 0 bridgehead atoms. The third-order valence-corrected chi connectivity index (χ3v) is 4.22. The number of benzene rings is 2. The highest BCUT2D eigenvalue weighted by atomic mass is 35.5. The van der Waals surface area contributed by atoms with Gasteiger partial charge in [-0.25, -0.2) is 4.39 Å². The second-order valence-corrected chi connectivity index (χ2v) is 5.82. The first-order chi connectivity index (χ1) is 10.6. The normalized spacial score (nSPS) is 14.4. The van der Waals surface area contributed by atoms with Crippen LogP contribution in [0.25, 0.3) is 0 Å². The Bertz CT molecular complexity index is 651. The molecule has 1 aliphatic heterocycles. The molecule has 5 heteroatoms. The molecule has 0 spiro atoms. The summed E-state index contributed by atoms with van der Waals surface area (Å²) in [5.74, 6) is 0.306. The Morgan fingerprint density at radius 3 is 2.68 bits per heavy atom. The average molecular weight is 321 g/mol. The van der Waals surface area contributed by atoms with Gasteiger partial charge in [0.05, 0.1) is 10.7 Å². The first-order valence-corrected chi connectivity index (χ1v) is 7.73. The summed E-state index contributed by atoms with van der Waals surface area (Å²) < 4.78 is 19.7. The molecule has 2 aromatic carbocycles. The number of hydrogen-bond acceptors (Lipinski definition) is 3. The Balaban J connectivity index is 1.84. The van der Waals surface area contributed by atoms with Crippen LogP contribution in [0.1, 0.15) is 18.4 Å². The maximum atomic E-state index is 13.8. The molecule has 3 nitrogen and oxygen atoms in total. The molecule has 0 saturated carbocycles. The van der Waals surface area contributed by atoms with Crippen LogP contribution in [-0.2, 0) is 6.61 Å². The van der Waals surface area contributed by atoms with E-state index in [0.29, 0.717) is 22.0 Å². The van der Waals surface area contributed by atoms with Crippen LogP contribution in [0.2, 0.25) is 5.02 Å². The van der Waals surface area contributed by atoms with Crippen LogP contribution in [-0.4, -0.2) is 13.1 Å². The van der Waals surface area contributed by atoms with E-state index in [4.69, 9.17) is 22.1 Å². The maximum Gasteiger partial charge on any atom is 0.145 e. The molecule has 3 rings (SSSR count). The van der Waals surface area contributed by atoms with Gasteiger partial charge in [-0.15, -0.1) is 0 Å². The zero-order valence-electron chi connectivity index (χ0n) is 12.2. The molecule has 0 radical (unpaired) electrons. The second kappa shape index (κ2) is 6.44. The lowest BCUT2D eigenvalue weighted by Gasteiger charge is -2.22. The van der Waals surface area contributed by atoms with Crippen molar-refractivity contribution in [2.45, 2.75) is 19.4 Å². The fraction of sp³-hybridized carbons (Fsp3) is 0.294. The molecule has 2 N–H and O–H groups in total. The van der Waals surface area contributed by atoms with E-state index in [1.807, 2.05) is 12.1 Å². The van der Waals surface area contributed by atoms with Crippen molar-refractivity contribution in [3.8, 4) is 5.75 Å². The lowest BCUT2D eigenvalue weighted by Crippen LogP contribution is -2.18. The minimum absolute atomic E-state index is 0.0792. The Morgan fingerprint density at radius 1 is 1.18 bits per heavy atom. The van der Waals surface area contributed by atoms with Crippen molar-refractivity contribution in [2.75, 3.05) is 23.7 Å². The van der Waals surface area contributed by atoms with E-state index in [0.717, 1.165) is 18.8 Å². The van der Waals surface area contributed by atoms with Gasteiger partial charge in [0.15, 0.2) is 0 Å². The van der Waals surface area contributed by atoms with Gasteiger partial charge in [0.2, 0.25) is 0 Å². The Morgan fingerprint density at radius 2 is 1.95 bits per heavy atom. The van der Waals surface area contributed by atoms with Gasteiger partial charge >= 0.3 is 0 Å². The quantitative estimate of drug-likeness (QED) is 0.856. The fourth-order valence-corrected chi connectivity index (χ4v) is 2.90. The number of rotatable bonds is 4. The van der Waals surface area contributed by atoms with Crippen LogP contribution in [0.15, 0.2) is 36.4 Å². The average Bonchev–Trinajstić information content (AvgIpc) is 3.01. The molecule has 1 heterocycles. The summed E-state index contributed by atoms with van der Waals surface area (Å²) in [7, 11) is 0. The van der Waals surface area contributed by atoms with Crippen molar-refractivity contribution in [1.29, 1.82) is 0 Å². The van der Waals surface area contributed by atoms with E-state index in [1.165, 1.54) is 18.9 Å². The van der Waals surface area contributed by atoms with Crippen molar-refractivity contribution in [1.82, 2.24) is 0 Å². The molecule has 0 aliphatic carbocycles. The minimum Gasteiger partial charge on any atom is -0.486 e. The summed E-state index contributed by atoms with van der Waals surface area (Å²) in [6, 6.07) is 10.2. The van der Waals surface area contributed by atoms with Gasteiger partial charge < -0.3 is 15.4 Å². The third kappa shape index (κ3) is 3.12. The molecule has 0 aromatic heterocycles. The number of anilines is 2. The monoisotopic (exact) mass is 320 g/mol. The van der Waals surface area contributed by atoms with Gasteiger partial charge in [0.25, 0.3) is 0 Å². The van der Waals surface area contributed by atoms with Crippen LogP contribution >= 0.6 is 11.6 Å². The minimum atomic E-state index is -0.362. The summed E-state index contributed by atoms with van der Waals surface area (Å²) in [4.78, 5) is 2.26. The van der Waals surface area contributed by atoms with E-state index in [1.54, 1.807) is 18.2 Å². The van der Waals surface area contributed by atoms with E-state index >= 15 is 0 Å². The molecular weight excluding hydrogens is 303 g/mol. The Labute approximate surface area is 134 Å². The van der Waals surface area contributed by atoms with E-state index in [2.05, 4.69) is 4.90 Å². The third-order valence-electron chi connectivity index (χ3n) is 3.86. The fourth-order valence-electron chi connectivity index (χ4n) is 2.69. The molecule has 2 aromatic rings. The first-order valence-electron chi connectivity index (χ1n) is 7.35. The molecule has 0 amide bonds. The second-order valence-electron chi connectivity index (χ2n) is 5.41. The smallest absolute Gasteiger partial charge is 0.145 e. The van der Waals surface area contributed by atoms with E-state index in [9.17, 15) is 4.39 Å². The molecule has 22 heavy (non-hydrogen) atoms. The first kappa shape index (κ1) is 15.0. The summed E-state index contributed by atoms with van der Waals surface area (Å²) in [6.07, 6.45) is 2.34. The summed E-state index contributed by atoms with van der Waals surface area (Å²) in [6.45, 7) is 2.08. The van der Waals surface area contributed by atoms with Crippen LogP contribution in [0.3, 0.4) is 0 Å². The summed E-state index contributed by atoms with van der Waals surface area (Å²) >= 11 is 6.04. The lowest BCUT2D eigenvalue weighted by molar-refractivity contribution is 0.300. The lowest BCUT2D eigenvalue weighted by atomic mass is 10.2. The molecule has 0 atom stereocenters. The summed E-state index contributed by atoms with van der Waals surface area (Å²) in [5.41, 5.74) is 7.84. The Hall–Kier alpha value is -1.94.